The molecule has 6 heteroatoms. The van der Waals surface area contributed by atoms with Crippen molar-refractivity contribution in [3.63, 3.8) is 0 Å². The van der Waals surface area contributed by atoms with E-state index in [1.807, 2.05) is 11.6 Å². The summed E-state index contributed by atoms with van der Waals surface area (Å²) < 4.78 is 7.14. The van der Waals surface area contributed by atoms with Crippen LogP contribution in [0.4, 0.5) is 0 Å². The number of nitrogens with zero attached hydrogens (tertiary/aromatic N) is 4. The molecule has 0 bridgehead atoms. The molecule has 2 saturated heterocycles. The highest BCUT2D eigenvalue weighted by Gasteiger charge is 2.38. The molecule has 3 atom stereocenters. The summed E-state index contributed by atoms with van der Waals surface area (Å²) in [5.74, 6) is 0.494. The smallest absolute Gasteiger partial charge is 0.323 e. The van der Waals surface area contributed by atoms with Gasteiger partial charge in [-0.25, -0.2) is 4.98 Å². The highest BCUT2D eigenvalue weighted by molar-refractivity contribution is 5.78. The van der Waals surface area contributed by atoms with Crippen LogP contribution in [0.5, 0.6) is 0 Å². The van der Waals surface area contributed by atoms with Gasteiger partial charge in [0.05, 0.1) is 0 Å². The second kappa shape index (κ2) is 5.28. The number of piperidine rings is 1. The maximum absolute atomic E-state index is 11.8. The Kier molecular flexibility index (Phi) is 3.50. The molecule has 2 aliphatic heterocycles. The molecule has 3 heterocycles. The third-order valence-corrected chi connectivity index (χ3v) is 4.05. The Balaban J connectivity index is 1.60. The van der Waals surface area contributed by atoms with Crippen molar-refractivity contribution in [1.29, 1.82) is 0 Å². The number of hydrogen-bond acceptors (Lipinski definition) is 5. The number of cyclic esters (lactones) is 1. The largest absolute Gasteiger partial charge is 0.461 e. The molecule has 1 aromatic rings. The van der Waals surface area contributed by atoms with Gasteiger partial charge in [0.15, 0.2) is 0 Å². The summed E-state index contributed by atoms with van der Waals surface area (Å²) in [5, 5.41) is 4.16. The molecule has 6 nitrogen and oxygen atoms in total. The molecular formula is C13H20N4O2. The van der Waals surface area contributed by atoms with Gasteiger partial charge in [0.25, 0.3) is 0 Å². The van der Waals surface area contributed by atoms with E-state index in [1.165, 1.54) is 6.42 Å². The van der Waals surface area contributed by atoms with Crippen molar-refractivity contribution < 1.29 is 9.53 Å². The van der Waals surface area contributed by atoms with Crippen molar-refractivity contribution in [3.05, 3.63) is 12.7 Å². The lowest BCUT2D eigenvalue weighted by Gasteiger charge is -2.34. The van der Waals surface area contributed by atoms with Crippen molar-refractivity contribution >= 4 is 5.97 Å². The topological polar surface area (TPSA) is 60.2 Å². The van der Waals surface area contributed by atoms with Crippen molar-refractivity contribution in [2.45, 2.75) is 44.9 Å². The van der Waals surface area contributed by atoms with E-state index in [0.717, 1.165) is 32.5 Å². The first-order chi connectivity index (χ1) is 9.22. The third kappa shape index (κ3) is 2.78. The molecule has 0 saturated carbocycles. The maximum atomic E-state index is 11.8. The van der Waals surface area contributed by atoms with E-state index in [4.69, 9.17) is 4.74 Å². The van der Waals surface area contributed by atoms with Gasteiger partial charge < -0.3 is 4.74 Å². The average Bonchev–Trinajstić information content (AvgIpc) is 2.99. The summed E-state index contributed by atoms with van der Waals surface area (Å²) in [7, 11) is 0. The molecule has 1 aromatic heterocycles. The number of carbonyl (C=O) groups is 1. The number of esters is 1. The lowest BCUT2D eigenvalue weighted by molar-refractivity contribution is -0.145. The molecule has 0 amide bonds. The second-order valence-electron chi connectivity index (χ2n) is 5.62. The number of ether oxygens (including phenoxy) is 1. The van der Waals surface area contributed by atoms with Crippen LogP contribution in [-0.4, -0.2) is 50.9 Å². The van der Waals surface area contributed by atoms with Gasteiger partial charge in [0.2, 0.25) is 0 Å². The Bertz CT molecular complexity index is 434. The van der Waals surface area contributed by atoms with Gasteiger partial charge in [-0.1, -0.05) is 0 Å². The molecule has 0 radical (unpaired) electrons. The van der Waals surface area contributed by atoms with Crippen LogP contribution < -0.4 is 0 Å². The number of rotatable bonds is 3. The van der Waals surface area contributed by atoms with E-state index in [-0.39, 0.29) is 18.1 Å². The normalized spacial score (nSPS) is 32.5. The first-order valence-electron chi connectivity index (χ1n) is 6.99. The number of carbonyl (C=O) groups excluding carboxylic acids is 1. The zero-order valence-electron chi connectivity index (χ0n) is 11.2. The number of aromatic nitrogens is 3. The third-order valence-electron chi connectivity index (χ3n) is 4.05. The molecule has 19 heavy (non-hydrogen) atoms. The van der Waals surface area contributed by atoms with Gasteiger partial charge in [-0.05, 0) is 32.2 Å². The van der Waals surface area contributed by atoms with Crippen LogP contribution in [0.3, 0.4) is 0 Å². The Morgan fingerprint density at radius 1 is 1.53 bits per heavy atom. The molecule has 0 N–H and O–H groups in total. The summed E-state index contributed by atoms with van der Waals surface area (Å²) in [6.07, 6.45) is 6.54. The highest BCUT2D eigenvalue weighted by Crippen LogP contribution is 2.26. The van der Waals surface area contributed by atoms with Crippen molar-refractivity contribution in [1.82, 2.24) is 19.7 Å². The van der Waals surface area contributed by atoms with Gasteiger partial charge in [0.1, 0.15) is 24.8 Å². The summed E-state index contributed by atoms with van der Waals surface area (Å²) >= 11 is 0. The fourth-order valence-corrected chi connectivity index (χ4v) is 3.15. The molecule has 2 aliphatic rings. The van der Waals surface area contributed by atoms with E-state index >= 15 is 0 Å². The number of likely N-dealkylation sites (tertiary alicyclic amines) is 1. The van der Waals surface area contributed by atoms with Crippen molar-refractivity contribution in [2.75, 3.05) is 13.1 Å². The van der Waals surface area contributed by atoms with Crippen molar-refractivity contribution in [2.24, 2.45) is 5.92 Å². The summed E-state index contributed by atoms with van der Waals surface area (Å²) in [4.78, 5) is 18.1. The zero-order chi connectivity index (χ0) is 13.2. The van der Waals surface area contributed by atoms with Crippen LogP contribution in [0.2, 0.25) is 0 Å². The predicted molar refractivity (Wildman–Crippen MR) is 68.3 cm³/mol. The van der Waals surface area contributed by atoms with Crippen LogP contribution in [-0.2, 0) is 16.1 Å². The second-order valence-corrected chi connectivity index (χ2v) is 5.62. The lowest BCUT2D eigenvalue weighted by Crippen LogP contribution is -2.45. The van der Waals surface area contributed by atoms with Crippen LogP contribution >= 0.6 is 0 Å². The molecule has 0 spiro atoms. The van der Waals surface area contributed by atoms with E-state index in [1.54, 1.807) is 12.7 Å². The molecule has 104 valence electrons. The summed E-state index contributed by atoms with van der Waals surface area (Å²) in [6, 6.07) is -0.0338. The Morgan fingerprint density at radius 2 is 2.42 bits per heavy atom. The minimum Gasteiger partial charge on any atom is -0.461 e. The first kappa shape index (κ1) is 12.6. The molecule has 0 unspecified atom stereocenters. The minimum atomic E-state index is -0.0473. The summed E-state index contributed by atoms with van der Waals surface area (Å²) in [5.41, 5.74) is 0. The van der Waals surface area contributed by atoms with Crippen LogP contribution in [0, 0.1) is 5.92 Å². The Hall–Kier alpha value is -1.43. The number of hydrogen-bond donors (Lipinski definition) is 0. The van der Waals surface area contributed by atoms with Gasteiger partial charge in [-0.15, -0.1) is 0 Å². The van der Waals surface area contributed by atoms with Crippen LogP contribution in [0.1, 0.15) is 26.2 Å². The van der Waals surface area contributed by atoms with Crippen molar-refractivity contribution in [3.8, 4) is 0 Å². The Labute approximate surface area is 112 Å². The van der Waals surface area contributed by atoms with Gasteiger partial charge in [-0.3, -0.25) is 14.4 Å². The molecular weight excluding hydrogens is 244 g/mol. The Morgan fingerprint density at radius 3 is 3.11 bits per heavy atom. The van der Waals surface area contributed by atoms with Crippen LogP contribution in [0.15, 0.2) is 12.7 Å². The fraction of sp³-hybridized carbons (Fsp3) is 0.769. The van der Waals surface area contributed by atoms with E-state index in [2.05, 4.69) is 15.0 Å². The molecule has 3 rings (SSSR count). The average molecular weight is 264 g/mol. The monoisotopic (exact) mass is 264 g/mol. The van der Waals surface area contributed by atoms with E-state index in [0.29, 0.717) is 5.92 Å². The van der Waals surface area contributed by atoms with Gasteiger partial charge >= 0.3 is 5.97 Å². The van der Waals surface area contributed by atoms with Crippen LogP contribution in [0.25, 0.3) is 0 Å². The fourth-order valence-electron chi connectivity index (χ4n) is 3.15. The summed E-state index contributed by atoms with van der Waals surface area (Å²) in [6.45, 7) is 4.80. The predicted octanol–water partition coefficient (Wildman–Crippen LogP) is 0.694. The minimum absolute atomic E-state index is 0.0338. The first-order valence-corrected chi connectivity index (χ1v) is 6.99. The molecule has 2 fully saturated rings. The van der Waals surface area contributed by atoms with E-state index < -0.39 is 0 Å². The van der Waals surface area contributed by atoms with E-state index in [9.17, 15) is 4.79 Å². The zero-order valence-corrected chi connectivity index (χ0v) is 11.2. The molecule has 0 aromatic carbocycles. The standard InChI is InChI=1S/C13H20N4O2/c1-10-5-12(13(18)19-10)16-4-2-3-11(6-16)7-17-9-14-8-15-17/h8-12H,2-7H2,1H3/t10-,11-,12+/m1/s1. The van der Waals surface area contributed by atoms with Gasteiger partial charge in [-0.2, -0.15) is 5.10 Å². The van der Waals surface area contributed by atoms with Gasteiger partial charge in [0, 0.05) is 19.5 Å². The highest BCUT2D eigenvalue weighted by atomic mass is 16.6. The maximum Gasteiger partial charge on any atom is 0.323 e. The lowest BCUT2D eigenvalue weighted by atomic mass is 9.96. The molecule has 0 aliphatic carbocycles. The SMILES string of the molecule is C[C@@H]1C[C@H](N2CCC[C@@H](Cn3cncn3)C2)C(=O)O1. The quantitative estimate of drug-likeness (QED) is 0.752.